The fourth-order valence-electron chi connectivity index (χ4n) is 1.59. The SMILES string of the molecule is O=C(O)c1cccnc1CCCCCCO. The molecule has 0 spiro atoms. The maximum atomic E-state index is 10.9. The number of unbranched alkanes of at least 4 members (excludes halogenated alkanes) is 3. The van der Waals surface area contributed by atoms with E-state index in [0.717, 1.165) is 25.7 Å². The topological polar surface area (TPSA) is 70.4 Å². The maximum absolute atomic E-state index is 10.9. The molecule has 0 amide bonds. The van der Waals surface area contributed by atoms with E-state index in [2.05, 4.69) is 4.98 Å². The minimum atomic E-state index is -0.918. The Morgan fingerprint density at radius 3 is 2.69 bits per heavy atom. The van der Waals surface area contributed by atoms with E-state index < -0.39 is 5.97 Å². The molecule has 0 radical (unpaired) electrons. The number of hydrogen-bond donors (Lipinski definition) is 2. The van der Waals surface area contributed by atoms with E-state index in [0.29, 0.717) is 17.7 Å². The summed E-state index contributed by atoms with van der Waals surface area (Å²) < 4.78 is 0. The van der Waals surface area contributed by atoms with E-state index in [4.69, 9.17) is 10.2 Å². The highest BCUT2D eigenvalue weighted by Gasteiger charge is 2.09. The predicted molar refractivity (Wildman–Crippen MR) is 60.5 cm³/mol. The van der Waals surface area contributed by atoms with Crippen LogP contribution >= 0.6 is 0 Å². The van der Waals surface area contributed by atoms with Crippen molar-refractivity contribution in [3.05, 3.63) is 29.6 Å². The fraction of sp³-hybridized carbons (Fsp3) is 0.500. The molecule has 16 heavy (non-hydrogen) atoms. The van der Waals surface area contributed by atoms with Gasteiger partial charge >= 0.3 is 5.97 Å². The van der Waals surface area contributed by atoms with Crippen LogP contribution in [0, 0.1) is 0 Å². The summed E-state index contributed by atoms with van der Waals surface area (Å²) in [6.07, 6.45) is 6.01. The number of aliphatic hydroxyl groups is 1. The molecule has 0 saturated carbocycles. The van der Waals surface area contributed by atoms with Crippen molar-refractivity contribution >= 4 is 5.97 Å². The van der Waals surface area contributed by atoms with Gasteiger partial charge in [0.1, 0.15) is 0 Å². The van der Waals surface area contributed by atoms with Crippen molar-refractivity contribution in [3.63, 3.8) is 0 Å². The number of carboxylic acids is 1. The molecule has 0 bridgehead atoms. The third-order valence-electron chi connectivity index (χ3n) is 2.44. The first-order chi connectivity index (χ1) is 7.75. The largest absolute Gasteiger partial charge is 0.478 e. The Balaban J connectivity index is 2.44. The molecule has 1 heterocycles. The normalized spacial score (nSPS) is 10.3. The zero-order chi connectivity index (χ0) is 11.8. The summed E-state index contributed by atoms with van der Waals surface area (Å²) in [6, 6.07) is 3.22. The number of nitrogens with zero attached hydrogens (tertiary/aromatic N) is 1. The zero-order valence-electron chi connectivity index (χ0n) is 9.22. The summed E-state index contributed by atoms with van der Waals surface area (Å²) >= 11 is 0. The molecule has 0 fully saturated rings. The minimum Gasteiger partial charge on any atom is -0.478 e. The molecule has 88 valence electrons. The van der Waals surface area contributed by atoms with E-state index in [1.54, 1.807) is 18.3 Å². The van der Waals surface area contributed by atoms with Gasteiger partial charge in [0.15, 0.2) is 0 Å². The quantitative estimate of drug-likeness (QED) is 0.692. The number of carboxylic acid groups (broad SMARTS) is 1. The second kappa shape index (κ2) is 6.95. The Labute approximate surface area is 95.0 Å². The number of aryl methyl sites for hydroxylation is 1. The Hall–Kier alpha value is -1.42. The van der Waals surface area contributed by atoms with Gasteiger partial charge in [0, 0.05) is 12.8 Å². The standard InChI is InChI=1S/C12H17NO3/c14-9-4-2-1-3-7-11-10(12(15)16)6-5-8-13-11/h5-6,8,14H,1-4,7,9H2,(H,15,16). The van der Waals surface area contributed by atoms with Crippen LogP contribution in [0.15, 0.2) is 18.3 Å². The van der Waals surface area contributed by atoms with Crippen molar-refractivity contribution in [1.29, 1.82) is 0 Å². The summed E-state index contributed by atoms with van der Waals surface area (Å²) in [5, 5.41) is 17.5. The Morgan fingerprint density at radius 1 is 1.25 bits per heavy atom. The van der Waals surface area contributed by atoms with Gasteiger partial charge in [-0.15, -0.1) is 0 Å². The molecule has 1 rings (SSSR count). The highest BCUT2D eigenvalue weighted by molar-refractivity contribution is 5.88. The fourth-order valence-corrected chi connectivity index (χ4v) is 1.59. The number of carbonyl (C=O) groups is 1. The second-order valence-corrected chi connectivity index (χ2v) is 3.69. The Kier molecular flexibility index (Phi) is 5.50. The van der Waals surface area contributed by atoms with Gasteiger partial charge in [-0.1, -0.05) is 12.8 Å². The highest BCUT2D eigenvalue weighted by Crippen LogP contribution is 2.10. The lowest BCUT2D eigenvalue weighted by atomic mass is 10.1. The van der Waals surface area contributed by atoms with Gasteiger partial charge < -0.3 is 10.2 Å². The maximum Gasteiger partial charge on any atom is 0.337 e. The number of aromatic carboxylic acids is 1. The molecule has 1 aromatic heterocycles. The van der Waals surface area contributed by atoms with Gasteiger partial charge in [0.05, 0.1) is 11.3 Å². The molecule has 0 aliphatic carbocycles. The third-order valence-corrected chi connectivity index (χ3v) is 2.44. The third kappa shape index (κ3) is 3.98. The van der Waals surface area contributed by atoms with E-state index >= 15 is 0 Å². The minimum absolute atomic E-state index is 0.226. The van der Waals surface area contributed by atoms with Gasteiger partial charge in [0.25, 0.3) is 0 Å². The summed E-state index contributed by atoms with van der Waals surface area (Å²) in [5.41, 5.74) is 0.948. The Bertz CT molecular complexity index is 339. The van der Waals surface area contributed by atoms with Crippen LogP contribution in [0.25, 0.3) is 0 Å². The summed E-state index contributed by atoms with van der Waals surface area (Å²) in [5.74, 6) is -0.918. The van der Waals surface area contributed by atoms with E-state index in [1.165, 1.54) is 0 Å². The van der Waals surface area contributed by atoms with Gasteiger partial charge in [-0.05, 0) is 31.4 Å². The average molecular weight is 223 g/mol. The zero-order valence-corrected chi connectivity index (χ0v) is 9.22. The molecule has 1 aromatic rings. The molecule has 0 aliphatic rings. The molecular weight excluding hydrogens is 206 g/mol. The number of rotatable bonds is 7. The predicted octanol–water partition coefficient (Wildman–Crippen LogP) is 1.88. The van der Waals surface area contributed by atoms with Crippen LogP contribution in [-0.4, -0.2) is 27.8 Å². The van der Waals surface area contributed by atoms with Crippen LogP contribution < -0.4 is 0 Å². The van der Waals surface area contributed by atoms with E-state index in [1.807, 2.05) is 0 Å². The molecule has 0 atom stereocenters. The van der Waals surface area contributed by atoms with Crippen molar-refractivity contribution in [2.75, 3.05) is 6.61 Å². The van der Waals surface area contributed by atoms with Crippen molar-refractivity contribution in [1.82, 2.24) is 4.98 Å². The summed E-state index contributed by atoms with van der Waals surface area (Å²) in [4.78, 5) is 15.0. The monoisotopic (exact) mass is 223 g/mol. The molecular formula is C12H17NO3. The second-order valence-electron chi connectivity index (χ2n) is 3.69. The molecule has 0 saturated heterocycles. The van der Waals surface area contributed by atoms with E-state index in [-0.39, 0.29) is 6.61 Å². The summed E-state index contributed by atoms with van der Waals surface area (Å²) in [6.45, 7) is 0.226. The van der Waals surface area contributed by atoms with Gasteiger partial charge in [-0.2, -0.15) is 0 Å². The van der Waals surface area contributed by atoms with Gasteiger partial charge in [-0.25, -0.2) is 4.79 Å². The van der Waals surface area contributed by atoms with Crippen molar-refractivity contribution < 1.29 is 15.0 Å². The van der Waals surface area contributed by atoms with Gasteiger partial charge in [0.2, 0.25) is 0 Å². The molecule has 4 nitrogen and oxygen atoms in total. The van der Waals surface area contributed by atoms with Crippen LogP contribution in [0.1, 0.15) is 41.7 Å². The molecule has 0 unspecified atom stereocenters. The molecule has 0 aromatic carbocycles. The molecule has 2 N–H and O–H groups in total. The van der Waals surface area contributed by atoms with Crippen molar-refractivity contribution in [2.45, 2.75) is 32.1 Å². The van der Waals surface area contributed by atoms with Crippen LogP contribution in [0.2, 0.25) is 0 Å². The van der Waals surface area contributed by atoms with Crippen molar-refractivity contribution in [3.8, 4) is 0 Å². The lowest BCUT2D eigenvalue weighted by molar-refractivity contribution is 0.0695. The smallest absolute Gasteiger partial charge is 0.337 e. The summed E-state index contributed by atoms with van der Waals surface area (Å²) in [7, 11) is 0. The molecule has 0 aliphatic heterocycles. The lowest BCUT2D eigenvalue weighted by Crippen LogP contribution is -2.04. The van der Waals surface area contributed by atoms with Gasteiger partial charge in [-0.3, -0.25) is 4.98 Å². The van der Waals surface area contributed by atoms with Crippen molar-refractivity contribution in [2.24, 2.45) is 0 Å². The number of hydrogen-bond acceptors (Lipinski definition) is 3. The Morgan fingerprint density at radius 2 is 2.00 bits per heavy atom. The van der Waals surface area contributed by atoms with Crippen LogP contribution in [-0.2, 0) is 6.42 Å². The van der Waals surface area contributed by atoms with Crippen LogP contribution in [0.4, 0.5) is 0 Å². The van der Waals surface area contributed by atoms with E-state index in [9.17, 15) is 4.79 Å². The highest BCUT2D eigenvalue weighted by atomic mass is 16.4. The number of pyridine rings is 1. The average Bonchev–Trinajstić information content (AvgIpc) is 2.29. The lowest BCUT2D eigenvalue weighted by Gasteiger charge is -2.04. The number of aromatic nitrogens is 1. The molecule has 4 heteroatoms. The van der Waals surface area contributed by atoms with Crippen LogP contribution in [0.3, 0.4) is 0 Å². The van der Waals surface area contributed by atoms with Crippen LogP contribution in [0.5, 0.6) is 0 Å². The first kappa shape index (κ1) is 12.6. The first-order valence-corrected chi connectivity index (χ1v) is 5.53. The number of aliphatic hydroxyl groups excluding tert-OH is 1. The first-order valence-electron chi connectivity index (χ1n) is 5.53.